The van der Waals surface area contributed by atoms with Crippen molar-refractivity contribution in [3.05, 3.63) is 69.6 Å². The number of likely N-dealkylation sites (tertiary alicyclic amines) is 1. The molecule has 3 heteroatoms. The molecule has 21 heavy (non-hydrogen) atoms. The van der Waals surface area contributed by atoms with Crippen molar-refractivity contribution in [1.29, 1.82) is 0 Å². The fourth-order valence-corrected chi connectivity index (χ4v) is 3.29. The molecular weight excluding hydrogens is 260 g/mol. The van der Waals surface area contributed by atoms with Crippen LogP contribution in [-0.2, 0) is 6.54 Å². The molecule has 2 heterocycles. The highest BCUT2D eigenvalue weighted by Crippen LogP contribution is 2.32. The van der Waals surface area contributed by atoms with Gasteiger partial charge in [0.05, 0.1) is 0 Å². The number of aryl methyl sites for hydroxylation is 1. The summed E-state index contributed by atoms with van der Waals surface area (Å²) in [6.07, 6.45) is 5.59. The van der Waals surface area contributed by atoms with Crippen molar-refractivity contribution >= 4 is 0 Å². The minimum absolute atomic E-state index is 0.0123. The third kappa shape index (κ3) is 3.24. The second-order valence-corrected chi connectivity index (χ2v) is 5.90. The lowest BCUT2D eigenvalue weighted by Crippen LogP contribution is -2.33. The van der Waals surface area contributed by atoms with Crippen LogP contribution >= 0.6 is 0 Å². The van der Waals surface area contributed by atoms with Crippen molar-refractivity contribution < 1.29 is 0 Å². The molecule has 1 saturated heterocycles. The van der Waals surface area contributed by atoms with E-state index in [1.807, 2.05) is 13.1 Å². The molecule has 0 saturated carbocycles. The summed E-state index contributed by atoms with van der Waals surface area (Å²) in [7, 11) is 0. The number of nitrogens with one attached hydrogen (secondary N) is 1. The van der Waals surface area contributed by atoms with Gasteiger partial charge in [0.1, 0.15) is 0 Å². The Hall–Kier alpha value is -1.87. The summed E-state index contributed by atoms with van der Waals surface area (Å²) < 4.78 is 0. The Bertz CT molecular complexity index is 648. The first-order valence-corrected chi connectivity index (χ1v) is 7.71. The fourth-order valence-electron chi connectivity index (χ4n) is 3.29. The largest absolute Gasteiger partial charge is 0.329 e. The highest BCUT2D eigenvalue weighted by Gasteiger charge is 2.25. The summed E-state index contributed by atoms with van der Waals surface area (Å²) in [5.41, 5.74) is 3.71. The van der Waals surface area contributed by atoms with Gasteiger partial charge in [-0.3, -0.25) is 9.69 Å². The van der Waals surface area contributed by atoms with E-state index in [1.54, 1.807) is 6.07 Å². The van der Waals surface area contributed by atoms with Gasteiger partial charge in [-0.25, -0.2) is 0 Å². The van der Waals surface area contributed by atoms with Gasteiger partial charge < -0.3 is 4.98 Å². The van der Waals surface area contributed by atoms with Crippen molar-refractivity contribution in [1.82, 2.24) is 9.88 Å². The van der Waals surface area contributed by atoms with E-state index in [0.717, 1.165) is 18.7 Å². The van der Waals surface area contributed by atoms with Crippen LogP contribution < -0.4 is 5.56 Å². The summed E-state index contributed by atoms with van der Waals surface area (Å²) in [4.78, 5) is 16.8. The van der Waals surface area contributed by atoms with Crippen molar-refractivity contribution in [2.75, 3.05) is 6.54 Å². The number of hydrogen-bond acceptors (Lipinski definition) is 2. The normalized spacial score (nSPS) is 19.6. The van der Waals surface area contributed by atoms with Gasteiger partial charge in [0, 0.05) is 24.8 Å². The standard InChI is InChI=1S/C18H22N2O/c1-14-11-18(21)19-12-16(14)17-9-5-6-10-20(17)13-15-7-3-2-4-8-15/h2-4,7-8,11-12,17H,5-6,9-10,13H2,1H3,(H,19,21)/t17-/m0/s1. The highest BCUT2D eigenvalue weighted by atomic mass is 16.1. The van der Waals surface area contributed by atoms with E-state index in [9.17, 15) is 4.79 Å². The van der Waals surface area contributed by atoms with Crippen LogP contribution in [0.25, 0.3) is 0 Å². The molecule has 110 valence electrons. The van der Waals surface area contributed by atoms with Crippen molar-refractivity contribution in [2.24, 2.45) is 0 Å². The Morgan fingerprint density at radius 3 is 2.81 bits per heavy atom. The van der Waals surface area contributed by atoms with Gasteiger partial charge in [-0.1, -0.05) is 36.8 Å². The molecule has 0 spiro atoms. The maximum absolute atomic E-state index is 11.4. The summed E-state index contributed by atoms with van der Waals surface area (Å²) in [6.45, 7) is 4.14. The Kier molecular flexibility index (Phi) is 4.20. The van der Waals surface area contributed by atoms with E-state index >= 15 is 0 Å². The van der Waals surface area contributed by atoms with Crippen molar-refractivity contribution in [3.63, 3.8) is 0 Å². The van der Waals surface area contributed by atoms with Crippen LogP contribution in [0, 0.1) is 6.92 Å². The second-order valence-electron chi connectivity index (χ2n) is 5.90. The molecule has 1 aromatic carbocycles. The fraction of sp³-hybridized carbons (Fsp3) is 0.389. The monoisotopic (exact) mass is 282 g/mol. The molecule has 0 unspecified atom stereocenters. The number of benzene rings is 1. The predicted octanol–water partition coefficient (Wildman–Crippen LogP) is 3.41. The lowest BCUT2D eigenvalue weighted by atomic mass is 9.93. The SMILES string of the molecule is Cc1cc(=O)[nH]cc1[C@@H]1CCCCN1Cc1ccccc1. The van der Waals surface area contributed by atoms with Gasteiger partial charge in [0.25, 0.3) is 0 Å². The molecule has 1 atom stereocenters. The molecule has 1 fully saturated rings. The van der Waals surface area contributed by atoms with Gasteiger partial charge >= 0.3 is 0 Å². The van der Waals surface area contributed by atoms with E-state index in [0.29, 0.717) is 6.04 Å². The number of nitrogens with zero attached hydrogens (tertiary/aromatic N) is 1. The van der Waals surface area contributed by atoms with Crippen molar-refractivity contribution in [2.45, 2.75) is 38.8 Å². The molecule has 0 aliphatic carbocycles. The zero-order valence-electron chi connectivity index (χ0n) is 12.5. The summed E-state index contributed by atoms with van der Waals surface area (Å²) in [5, 5.41) is 0. The van der Waals surface area contributed by atoms with Crippen LogP contribution in [0.2, 0.25) is 0 Å². The predicted molar refractivity (Wildman–Crippen MR) is 85.2 cm³/mol. The first kappa shape index (κ1) is 14.1. The van der Waals surface area contributed by atoms with Gasteiger partial charge in [-0.05, 0) is 43.0 Å². The van der Waals surface area contributed by atoms with Crippen LogP contribution in [-0.4, -0.2) is 16.4 Å². The van der Waals surface area contributed by atoms with Crippen LogP contribution in [0.1, 0.15) is 42.0 Å². The Morgan fingerprint density at radius 2 is 2.05 bits per heavy atom. The molecule has 0 radical (unpaired) electrons. The minimum atomic E-state index is -0.0123. The second kappa shape index (κ2) is 6.27. The van der Waals surface area contributed by atoms with E-state index in [1.165, 1.54) is 30.4 Å². The number of pyridine rings is 1. The quantitative estimate of drug-likeness (QED) is 0.936. The number of rotatable bonds is 3. The average molecular weight is 282 g/mol. The number of aromatic amines is 1. The maximum atomic E-state index is 11.4. The third-order valence-electron chi connectivity index (χ3n) is 4.37. The summed E-state index contributed by atoms with van der Waals surface area (Å²) in [6, 6.07) is 12.7. The van der Waals surface area contributed by atoms with Gasteiger partial charge in [0.2, 0.25) is 5.56 Å². The number of aromatic nitrogens is 1. The van der Waals surface area contributed by atoms with E-state index in [-0.39, 0.29) is 5.56 Å². The van der Waals surface area contributed by atoms with Gasteiger partial charge in [-0.2, -0.15) is 0 Å². The topological polar surface area (TPSA) is 36.1 Å². The first-order chi connectivity index (χ1) is 10.2. The highest BCUT2D eigenvalue weighted by molar-refractivity contribution is 5.26. The maximum Gasteiger partial charge on any atom is 0.248 e. The summed E-state index contributed by atoms with van der Waals surface area (Å²) in [5.74, 6) is 0. The lowest BCUT2D eigenvalue weighted by Gasteiger charge is -2.36. The molecule has 3 nitrogen and oxygen atoms in total. The molecule has 1 aromatic heterocycles. The molecule has 0 bridgehead atoms. The average Bonchev–Trinajstić information content (AvgIpc) is 2.49. The third-order valence-corrected chi connectivity index (χ3v) is 4.37. The molecular formula is C18H22N2O. The lowest BCUT2D eigenvalue weighted by molar-refractivity contribution is 0.139. The number of H-pyrrole nitrogens is 1. The molecule has 1 aliphatic rings. The first-order valence-electron chi connectivity index (χ1n) is 7.71. The number of piperidine rings is 1. The van der Waals surface area contributed by atoms with Crippen molar-refractivity contribution in [3.8, 4) is 0 Å². The van der Waals surface area contributed by atoms with Crippen LogP contribution in [0.15, 0.2) is 47.4 Å². The zero-order chi connectivity index (χ0) is 14.7. The van der Waals surface area contributed by atoms with Crippen LogP contribution in [0.4, 0.5) is 0 Å². The van der Waals surface area contributed by atoms with E-state index < -0.39 is 0 Å². The Labute approximate surface area is 125 Å². The smallest absolute Gasteiger partial charge is 0.248 e. The Morgan fingerprint density at radius 1 is 1.24 bits per heavy atom. The number of hydrogen-bond donors (Lipinski definition) is 1. The van der Waals surface area contributed by atoms with Gasteiger partial charge in [-0.15, -0.1) is 0 Å². The summed E-state index contributed by atoms with van der Waals surface area (Å²) >= 11 is 0. The van der Waals surface area contributed by atoms with Crippen LogP contribution in [0.3, 0.4) is 0 Å². The minimum Gasteiger partial charge on any atom is -0.329 e. The molecule has 1 N–H and O–H groups in total. The Balaban J connectivity index is 1.86. The molecule has 2 aromatic rings. The molecule has 0 amide bonds. The van der Waals surface area contributed by atoms with Gasteiger partial charge in [0.15, 0.2) is 0 Å². The van der Waals surface area contributed by atoms with Crippen LogP contribution in [0.5, 0.6) is 0 Å². The van der Waals surface area contributed by atoms with E-state index in [4.69, 9.17) is 0 Å². The zero-order valence-corrected chi connectivity index (χ0v) is 12.5. The van der Waals surface area contributed by atoms with E-state index in [2.05, 4.69) is 40.2 Å². The molecule has 1 aliphatic heterocycles. The molecule has 3 rings (SSSR count).